The second-order valence-electron chi connectivity index (χ2n) is 5.60. The van der Waals surface area contributed by atoms with Gasteiger partial charge in [0, 0.05) is 0 Å². The van der Waals surface area contributed by atoms with Crippen molar-refractivity contribution in [2.24, 2.45) is 0 Å². The maximum Gasteiger partial charge on any atom is 0.337 e. The molecule has 0 saturated heterocycles. The zero-order valence-electron chi connectivity index (χ0n) is 13.0. The van der Waals surface area contributed by atoms with Gasteiger partial charge in [-0.15, -0.1) is 0 Å². The predicted molar refractivity (Wildman–Crippen MR) is 81.0 cm³/mol. The summed E-state index contributed by atoms with van der Waals surface area (Å²) < 4.78 is 10.6. The number of carbonyl (C=O) groups excluding carboxylic acids is 1. The third kappa shape index (κ3) is 4.72. The van der Waals surface area contributed by atoms with Crippen molar-refractivity contribution in [3.63, 3.8) is 0 Å². The Labute approximate surface area is 121 Å². The fourth-order valence-electron chi connectivity index (χ4n) is 1.70. The van der Waals surface area contributed by atoms with Crippen LogP contribution in [-0.4, -0.2) is 19.2 Å². The van der Waals surface area contributed by atoms with Crippen LogP contribution in [0.25, 0.3) is 0 Å². The van der Waals surface area contributed by atoms with Crippen LogP contribution >= 0.6 is 0 Å². The first-order chi connectivity index (χ1) is 9.38. The molecule has 1 rings (SSSR count). The van der Waals surface area contributed by atoms with Gasteiger partial charge in [-0.05, 0) is 37.0 Å². The van der Waals surface area contributed by atoms with Crippen LogP contribution < -0.4 is 4.74 Å². The summed E-state index contributed by atoms with van der Waals surface area (Å²) in [6.07, 6.45) is 1.72. The lowest BCUT2D eigenvalue weighted by molar-refractivity contribution is -0.138. The smallest absolute Gasteiger partial charge is 0.337 e. The number of hydrogen-bond acceptors (Lipinski definition) is 3. The van der Waals surface area contributed by atoms with Crippen molar-refractivity contribution in [3.05, 3.63) is 41.5 Å². The zero-order valence-corrected chi connectivity index (χ0v) is 13.0. The maximum atomic E-state index is 11.6. The highest BCUT2D eigenvalue weighted by molar-refractivity contribution is 5.88. The number of carbonyl (C=O) groups is 1. The lowest BCUT2D eigenvalue weighted by Gasteiger charge is -2.19. The molecule has 110 valence electrons. The molecular weight excluding hydrogens is 252 g/mol. The molecule has 0 spiro atoms. The van der Waals surface area contributed by atoms with Crippen LogP contribution in [0, 0.1) is 0 Å². The molecule has 0 heterocycles. The van der Waals surface area contributed by atoms with Gasteiger partial charge in [0.25, 0.3) is 0 Å². The summed E-state index contributed by atoms with van der Waals surface area (Å²) in [6.45, 7) is 10.7. The topological polar surface area (TPSA) is 35.5 Å². The fourth-order valence-corrected chi connectivity index (χ4v) is 1.70. The average molecular weight is 276 g/mol. The predicted octanol–water partition coefficient (Wildman–Crippen LogP) is 3.87. The van der Waals surface area contributed by atoms with Crippen LogP contribution in [0.3, 0.4) is 0 Å². The third-order valence-electron chi connectivity index (χ3n) is 3.00. The Morgan fingerprint density at radius 2 is 1.80 bits per heavy atom. The molecule has 0 aliphatic rings. The molecule has 0 N–H and O–H groups in total. The number of allylic oxidation sites excluding steroid dienone is 1. The van der Waals surface area contributed by atoms with Crippen molar-refractivity contribution < 1.29 is 14.3 Å². The largest absolute Gasteiger partial charge is 0.489 e. The summed E-state index contributed by atoms with van der Waals surface area (Å²) in [5.74, 6) is 0.433. The molecule has 20 heavy (non-hydrogen) atoms. The summed E-state index contributed by atoms with van der Waals surface area (Å²) >= 11 is 0. The molecule has 1 aromatic rings. The average Bonchev–Trinajstić information content (AvgIpc) is 2.39. The van der Waals surface area contributed by atoms with Crippen molar-refractivity contribution in [3.8, 4) is 5.75 Å². The van der Waals surface area contributed by atoms with E-state index in [-0.39, 0.29) is 18.0 Å². The second-order valence-corrected chi connectivity index (χ2v) is 5.60. The van der Waals surface area contributed by atoms with E-state index in [1.54, 1.807) is 19.9 Å². The highest BCUT2D eigenvalue weighted by Crippen LogP contribution is 2.24. The Bertz CT molecular complexity index is 464. The zero-order chi connectivity index (χ0) is 15.2. The van der Waals surface area contributed by atoms with Gasteiger partial charge in [-0.25, -0.2) is 4.79 Å². The normalized spacial score (nSPS) is 12.2. The Morgan fingerprint density at radius 3 is 2.25 bits per heavy atom. The van der Waals surface area contributed by atoms with Gasteiger partial charge in [0.2, 0.25) is 0 Å². The lowest BCUT2D eigenvalue weighted by Crippen LogP contribution is -2.14. The second kappa shape index (κ2) is 7.13. The van der Waals surface area contributed by atoms with Crippen molar-refractivity contribution in [2.45, 2.75) is 40.0 Å². The van der Waals surface area contributed by atoms with Crippen LogP contribution in [0.5, 0.6) is 5.75 Å². The van der Waals surface area contributed by atoms with E-state index < -0.39 is 0 Å². The molecule has 0 radical (unpaired) electrons. The Morgan fingerprint density at radius 1 is 1.20 bits per heavy atom. The van der Waals surface area contributed by atoms with Crippen molar-refractivity contribution >= 4 is 5.97 Å². The molecule has 1 aromatic carbocycles. The summed E-state index contributed by atoms with van der Waals surface area (Å²) in [5.41, 5.74) is 1.91. The van der Waals surface area contributed by atoms with Gasteiger partial charge in [-0.2, -0.15) is 0 Å². The number of benzene rings is 1. The van der Waals surface area contributed by atoms with Gasteiger partial charge in [0.15, 0.2) is 0 Å². The molecule has 0 saturated carbocycles. The summed E-state index contributed by atoms with van der Waals surface area (Å²) in [4.78, 5) is 11.6. The van der Waals surface area contributed by atoms with E-state index >= 15 is 0 Å². The number of ether oxygens (including phenoxy) is 2. The number of hydrogen-bond donors (Lipinski definition) is 0. The van der Waals surface area contributed by atoms with Crippen LogP contribution in [-0.2, 0) is 14.9 Å². The highest BCUT2D eigenvalue weighted by Gasteiger charge is 2.14. The molecule has 0 aromatic heterocycles. The molecular formula is C17H24O3. The van der Waals surface area contributed by atoms with Crippen molar-refractivity contribution in [1.82, 2.24) is 0 Å². The lowest BCUT2D eigenvalue weighted by atomic mass is 9.87. The third-order valence-corrected chi connectivity index (χ3v) is 3.00. The van der Waals surface area contributed by atoms with Gasteiger partial charge in [0.1, 0.15) is 12.4 Å². The molecule has 3 nitrogen and oxygen atoms in total. The molecule has 0 bridgehead atoms. The van der Waals surface area contributed by atoms with Crippen LogP contribution in [0.2, 0.25) is 0 Å². The Kier molecular flexibility index (Phi) is 5.81. The first kappa shape index (κ1) is 16.3. The van der Waals surface area contributed by atoms with E-state index in [0.29, 0.717) is 12.2 Å². The molecule has 0 aliphatic heterocycles. The summed E-state index contributed by atoms with van der Waals surface area (Å²) in [5, 5.41) is 0. The van der Waals surface area contributed by atoms with E-state index in [4.69, 9.17) is 9.47 Å². The first-order valence-electron chi connectivity index (χ1n) is 6.94. The van der Waals surface area contributed by atoms with Gasteiger partial charge in [-0.1, -0.05) is 39.0 Å². The van der Waals surface area contributed by atoms with Crippen LogP contribution in [0.15, 0.2) is 35.9 Å². The minimum atomic E-state index is -0.318. The van der Waals surface area contributed by atoms with E-state index in [0.717, 1.165) is 5.75 Å². The minimum absolute atomic E-state index is 0.123. The molecule has 0 atom stereocenters. The van der Waals surface area contributed by atoms with Gasteiger partial charge in [-0.3, -0.25) is 0 Å². The SMILES string of the molecule is C/C=C(\COc1ccc(C(C)(C)C)cc1)C(=O)OCC. The summed E-state index contributed by atoms with van der Waals surface area (Å²) in [6, 6.07) is 7.96. The molecule has 0 fully saturated rings. The van der Waals surface area contributed by atoms with Gasteiger partial charge in [0.05, 0.1) is 12.2 Å². The van der Waals surface area contributed by atoms with Gasteiger partial charge >= 0.3 is 5.97 Å². The van der Waals surface area contributed by atoms with Crippen molar-refractivity contribution in [2.75, 3.05) is 13.2 Å². The monoisotopic (exact) mass is 276 g/mol. The number of esters is 1. The molecule has 0 amide bonds. The molecule has 0 unspecified atom stereocenters. The van der Waals surface area contributed by atoms with E-state index in [1.807, 2.05) is 12.1 Å². The summed E-state index contributed by atoms with van der Waals surface area (Å²) in [7, 11) is 0. The van der Waals surface area contributed by atoms with Gasteiger partial charge < -0.3 is 9.47 Å². The van der Waals surface area contributed by atoms with E-state index in [2.05, 4.69) is 32.9 Å². The molecule has 3 heteroatoms. The van der Waals surface area contributed by atoms with Crippen LogP contribution in [0.4, 0.5) is 0 Å². The first-order valence-corrected chi connectivity index (χ1v) is 6.94. The minimum Gasteiger partial charge on any atom is -0.489 e. The fraction of sp³-hybridized carbons (Fsp3) is 0.471. The van der Waals surface area contributed by atoms with Crippen LogP contribution in [0.1, 0.15) is 40.2 Å². The van der Waals surface area contributed by atoms with E-state index in [9.17, 15) is 4.79 Å². The maximum absolute atomic E-state index is 11.6. The molecule has 0 aliphatic carbocycles. The quantitative estimate of drug-likeness (QED) is 0.605. The Balaban J connectivity index is 2.64. The highest BCUT2D eigenvalue weighted by atomic mass is 16.5. The van der Waals surface area contributed by atoms with E-state index in [1.165, 1.54) is 5.56 Å². The standard InChI is InChI=1S/C17H24O3/c1-6-13(16(18)19-7-2)12-20-15-10-8-14(9-11-15)17(3,4)5/h6,8-11H,7,12H2,1-5H3/b13-6+. The van der Waals surface area contributed by atoms with Crippen molar-refractivity contribution in [1.29, 1.82) is 0 Å². The number of rotatable bonds is 5. The Hall–Kier alpha value is -1.77.